The van der Waals surface area contributed by atoms with Crippen molar-refractivity contribution < 1.29 is 14.3 Å². The Morgan fingerprint density at radius 1 is 1.12 bits per heavy atom. The highest BCUT2D eigenvalue weighted by Crippen LogP contribution is 2.22. The van der Waals surface area contributed by atoms with E-state index in [4.69, 9.17) is 4.74 Å². The number of hydrogen-bond donors (Lipinski definition) is 1. The molecule has 0 bridgehead atoms. The second-order valence-electron chi connectivity index (χ2n) is 6.63. The van der Waals surface area contributed by atoms with Gasteiger partial charge in [-0.15, -0.1) is 0 Å². The summed E-state index contributed by atoms with van der Waals surface area (Å²) in [6.45, 7) is 2.65. The summed E-state index contributed by atoms with van der Waals surface area (Å²) in [7, 11) is 1.60. The Morgan fingerprint density at radius 2 is 1.81 bits per heavy atom. The maximum atomic E-state index is 12.7. The van der Waals surface area contributed by atoms with Crippen molar-refractivity contribution in [1.82, 2.24) is 4.90 Å². The van der Waals surface area contributed by atoms with E-state index in [9.17, 15) is 9.59 Å². The Bertz CT molecular complexity index is 769. The number of methoxy groups -OCH3 is 1. The van der Waals surface area contributed by atoms with Crippen LogP contribution in [-0.2, 0) is 16.0 Å². The van der Waals surface area contributed by atoms with Gasteiger partial charge in [0.15, 0.2) is 0 Å². The van der Waals surface area contributed by atoms with E-state index in [1.165, 1.54) is 5.56 Å². The van der Waals surface area contributed by atoms with E-state index in [2.05, 4.69) is 5.32 Å². The van der Waals surface area contributed by atoms with Gasteiger partial charge in [-0.25, -0.2) is 0 Å². The van der Waals surface area contributed by atoms with Gasteiger partial charge >= 0.3 is 0 Å². The number of nitrogens with one attached hydrogen (secondary N) is 1. The molecule has 0 aliphatic carbocycles. The van der Waals surface area contributed by atoms with Gasteiger partial charge in [0.2, 0.25) is 11.8 Å². The lowest BCUT2D eigenvalue weighted by molar-refractivity contribution is -0.136. The number of likely N-dealkylation sites (tertiary alicyclic amines) is 1. The predicted molar refractivity (Wildman–Crippen MR) is 101 cm³/mol. The third kappa shape index (κ3) is 4.23. The summed E-state index contributed by atoms with van der Waals surface area (Å²) >= 11 is 0. The zero-order chi connectivity index (χ0) is 18.5. The van der Waals surface area contributed by atoms with Crippen LogP contribution in [0.5, 0.6) is 5.75 Å². The Balaban J connectivity index is 1.63. The largest absolute Gasteiger partial charge is 0.497 e. The summed E-state index contributed by atoms with van der Waals surface area (Å²) < 4.78 is 5.12. The van der Waals surface area contributed by atoms with Crippen molar-refractivity contribution in [3.8, 4) is 5.75 Å². The third-order valence-electron chi connectivity index (χ3n) is 4.71. The molecule has 2 aromatic carbocycles. The number of rotatable bonds is 5. The highest BCUT2D eigenvalue weighted by Gasteiger charge is 2.33. The van der Waals surface area contributed by atoms with Crippen molar-refractivity contribution in [3.63, 3.8) is 0 Å². The van der Waals surface area contributed by atoms with Crippen LogP contribution in [0.15, 0.2) is 48.5 Å². The molecule has 0 aromatic heterocycles. The van der Waals surface area contributed by atoms with Crippen LogP contribution in [0.1, 0.15) is 24.0 Å². The number of nitrogens with zero attached hydrogens (tertiary/aromatic N) is 1. The van der Waals surface area contributed by atoms with E-state index in [1.54, 1.807) is 36.3 Å². The lowest BCUT2D eigenvalue weighted by Crippen LogP contribution is -2.43. The van der Waals surface area contributed by atoms with Crippen molar-refractivity contribution in [3.05, 3.63) is 59.7 Å². The maximum absolute atomic E-state index is 12.7. The van der Waals surface area contributed by atoms with Gasteiger partial charge < -0.3 is 15.0 Å². The van der Waals surface area contributed by atoms with Gasteiger partial charge in [0.25, 0.3) is 0 Å². The molecule has 0 saturated carbocycles. The molecule has 2 amide bonds. The van der Waals surface area contributed by atoms with Crippen LogP contribution in [0.4, 0.5) is 5.69 Å². The molecule has 1 aliphatic heterocycles. The van der Waals surface area contributed by atoms with E-state index in [0.717, 1.165) is 17.7 Å². The van der Waals surface area contributed by atoms with Crippen LogP contribution < -0.4 is 10.1 Å². The van der Waals surface area contributed by atoms with Gasteiger partial charge in [-0.2, -0.15) is 0 Å². The van der Waals surface area contributed by atoms with Crippen molar-refractivity contribution in [1.29, 1.82) is 0 Å². The molecule has 0 unspecified atom stereocenters. The minimum atomic E-state index is -0.407. The SMILES string of the molecule is COc1ccc(NC(=O)[C@@H]2CCCN2C(=O)Cc2ccc(C)cc2)cc1. The number of ether oxygens (including phenoxy) is 1. The maximum Gasteiger partial charge on any atom is 0.247 e. The molecule has 3 rings (SSSR count). The number of carbonyl (C=O) groups excluding carboxylic acids is 2. The first-order valence-electron chi connectivity index (χ1n) is 8.87. The second-order valence-corrected chi connectivity index (χ2v) is 6.63. The van der Waals surface area contributed by atoms with E-state index in [1.807, 2.05) is 31.2 Å². The molecule has 5 heteroatoms. The van der Waals surface area contributed by atoms with Crippen molar-refractivity contribution in [2.45, 2.75) is 32.2 Å². The standard InChI is InChI=1S/C21H24N2O3/c1-15-5-7-16(8-6-15)14-20(24)23-13-3-4-19(23)21(25)22-17-9-11-18(26-2)12-10-17/h5-12,19H,3-4,13-14H2,1-2H3,(H,22,25)/t19-/m0/s1. The number of anilines is 1. The zero-order valence-corrected chi connectivity index (χ0v) is 15.2. The molecule has 1 atom stereocenters. The smallest absolute Gasteiger partial charge is 0.247 e. The molecule has 2 aromatic rings. The lowest BCUT2D eigenvalue weighted by atomic mass is 10.1. The van der Waals surface area contributed by atoms with E-state index in [-0.39, 0.29) is 11.8 Å². The summed E-state index contributed by atoms with van der Waals surface area (Å²) in [4.78, 5) is 27.0. The average Bonchev–Trinajstić information content (AvgIpc) is 3.14. The average molecular weight is 352 g/mol. The Labute approximate surface area is 154 Å². The fourth-order valence-electron chi connectivity index (χ4n) is 3.22. The molecule has 1 N–H and O–H groups in total. The quantitative estimate of drug-likeness (QED) is 0.899. The Morgan fingerprint density at radius 3 is 2.46 bits per heavy atom. The second kappa shape index (κ2) is 8.04. The van der Waals surface area contributed by atoms with Crippen molar-refractivity contribution in [2.75, 3.05) is 19.0 Å². The van der Waals surface area contributed by atoms with Crippen LogP contribution in [0.2, 0.25) is 0 Å². The molecule has 0 radical (unpaired) electrons. The highest BCUT2D eigenvalue weighted by molar-refractivity contribution is 5.97. The van der Waals surface area contributed by atoms with Crippen LogP contribution >= 0.6 is 0 Å². The van der Waals surface area contributed by atoms with E-state index >= 15 is 0 Å². The molecular weight excluding hydrogens is 328 g/mol. The first-order chi connectivity index (χ1) is 12.6. The third-order valence-corrected chi connectivity index (χ3v) is 4.71. The summed E-state index contributed by atoms with van der Waals surface area (Å²) in [6, 6.07) is 14.7. The number of hydrogen-bond acceptors (Lipinski definition) is 3. The summed E-state index contributed by atoms with van der Waals surface area (Å²) in [5.41, 5.74) is 2.84. The topological polar surface area (TPSA) is 58.6 Å². The Kier molecular flexibility index (Phi) is 5.56. The number of carbonyl (C=O) groups is 2. The molecule has 1 fully saturated rings. The highest BCUT2D eigenvalue weighted by atomic mass is 16.5. The molecule has 5 nitrogen and oxygen atoms in total. The first-order valence-corrected chi connectivity index (χ1v) is 8.87. The predicted octanol–water partition coefficient (Wildman–Crippen LogP) is 3.18. The monoisotopic (exact) mass is 352 g/mol. The van der Waals surface area contributed by atoms with Crippen LogP contribution in [0, 0.1) is 6.92 Å². The summed E-state index contributed by atoms with van der Waals surface area (Å²) in [6.07, 6.45) is 1.87. The van der Waals surface area contributed by atoms with Crippen LogP contribution in [0.3, 0.4) is 0 Å². The normalized spacial score (nSPS) is 16.4. The minimum Gasteiger partial charge on any atom is -0.497 e. The lowest BCUT2D eigenvalue weighted by Gasteiger charge is -2.24. The number of amides is 2. The van der Waals surface area contributed by atoms with Crippen LogP contribution in [0.25, 0.3) is 0 Å². The first kappa shape index (κ1) is 18.0. The van der Waals surface area contributed by atoms with Gasteiger partial charge in [0.05, 0.1) is 13.5 Å². The minimum absolute atomic E-state index is 0.00114. The van der Waals surface area contributed by atoms with Crippen LogP contribution in [-0.4, -0.2) is 36.4 Å². The van der Waals surface area contributed by atoms with Crippen molar-refractivity contribution >= 4 is 17.5 Å². The fourth-order valence-corrected chi connectivity index (χ4v) is 3.22. The molecule has 1 aliphatic rings. The van der Waals surface area contributed by atoms with E-state index in [0.29, 0.717) is 25.1 Å². The Hall–Kier alpha value is -2.82. The van der Waals surface area contributed by atoms with Gasteiger partial charge in [0, 0.05) is 12.2 Å². The van der Waals surface area contributed by atoms with E-state index < -0.39 is 6.04 Å². The molecule has 1 saturated heterocycles. The molecule has 26 heavy (non-hydrogen) atoms. The number of aryl methyl sites for hydroxylation is 1. The van der Waals surface area contributed by atoms with Gasteiger partial charge in [-0.3, -0.25) is 9.59 Å². The fraction of sp³-hybridized carbons (Fsp3) is 0.333. The molecule has 136 valence electrons. The summed E-state index contributed by atoms with van der Waals surface area (Å²) in [5.74, 6) is 0.602. The molecule has 1 heterocycles. The summed E-state index contributed by atoms with van der Waals surface area (Å²) in [5, 5.41) is 2.90. The molecule has 0 spiro atoms. The zero-order valence-electron chi connectivity index (χ0n) is 15.2. The number of benzene rings is 2. The van der Waals surface area contributed by atoms with Crippen molar-refractivity contribution in [2.24, 2.45) is 0 Å². The van der Waals surface area contributed by atoms with Gasteiger partial charge in [-0.05, 0) is 49.6 Å². The van der Waals surface area contributed by atoms with Gasteiger partial charge in [-0.1, -0.05) is 29.8 Å². The van der Waals surface area contributed by atoms with Gasteiger partial charge in [0.1, 0.15) is 11.8 Å². The molecular formula is C21H24N2O3.